The summed E-state index contributed by atoms with van der Waals surface area (Å²) >= 11 is 0. The number of esters is 1. The van der Waals surface area contributed by atoms with Crippen molar-refractivity contribution in [1.29, 1.82) is 0 Å². The van der Waals surface area contributed by atoms with Gasteiger partial charge in [0.1, 0.15) is 5.54 Å². The molecule has 5 nitrogen and oxygen atoms in total. The van der Waals surface area contributed by atoms with Crippen LogP contribution < -0.4 is 5.32 Å². The molecule has 0 bridgehead atoms. The molecule has 0 spiro atoms. The monoisotopic (exact) mass is 284 g/mol. The molecule has 116 valence electrons. The molecule has 0 aliphatic heterocycles. The summed E-state index contributed by atoms with van der Waals surface area (Å²) in [5, 5.41) is 3.23. The van der Waals surface area contributed by atoms with E-state index in [1.54, 1.807) is 7.11 Å². The largest absolute Gasteiger partial charge is 0.465 e. The first-order valence-corrected chi connectivity index (χ1v) is 7.77. The van der Waals surface area contributed by atoms with Crippen molar-refractivity contribution in [1.82, 2.24) is 10.2 Å². The third-order valence-electron chi connectivity index (χ3n) is 4.67. The summed E-state index contributed by atoms with van der Waals surface area (Å²) < 4.78 is 10.5. The molecule has 0 radical (unpaired) electrons. The van der Waals surface area contributed by atoms with Gasteiger partial charge in [0, 0.05) is 25.7 Å². The van der Waals surface area contributed by atoms with Gasteiger partial charge in [-0.3, -0.25) is 9.69 Å². The quantitative estimate of drug-likeness (QED) is 0.678. The zero-order chi connectivity index (χ0) is 14.6. The van der Waals surface area contributed by atoms with Crippen LogP contribution in [-0.4, -0.2) is 62.4 Å². The molecule has 2 rings (SSSR count). The van der Waals surface area contributed by atoms with Gasteiger partial charge in [0.05, 0.1) is 13.2 Å². The van der Waals surface area contributed by atoms with E-state index in [1.165, 1.54) is 12.8 Å². The van der Waals surface area contributed by atoms with Crippen LogP contribution in [-0.2, 0) is 14.3 Å². The lowest BCUT2D eigenvalue weighted by Gasteiger charge is -2.31. The van der Waals surface area contributed by atoms with Crippen molar-refractivity contribution in [3.63, 3.8) is 0 Å². The molecule has 1 N–H and O–H groups in total. The highest BCUT2D eigenvalue weighted by molar-refractivity contribution is 5.81. The fraction of sp³-hybridized carbons (Fsp3) is 0.933. The zero-order valence-electron chi connectivity index (χ0n) is 13.0. The Morgan fingerprint density at radius 1 is 1.35 bits per heavy atom. The average Bonchev–Trinajstić information content (AvgIpc) is 3.19. The average molecular weight is 284 g/mol. The number of carbonyl (C=O) groups excluding carboxylic acids is 1. The van der Waals surface area contributed by atoms with Gasteiger partial charge in [0.25, 0.3) is 0 Å². The number of nitrogens with zero attached hydrogens (tertiary/aromatic N) is 1. The van der Waals surface area contributed by atoms with E-state index >= 15 is 0 Å². The zero-order valence-corrected chi connectivity index (χ0v) is 13.0. The third kappa shape index (κ3) is 3.32. The first kappa shape index (κ1) is 15.7. The van der Waals surface area contributed by atoms with E-state index in [1.807, 2.05) is 14.0 Å². The smallest absolute Gasteiger partial charge is 0.326 e. The second-order valence-electron chi connectivity index (χ2n) is 5.91. The van der Waals surface area contributed by atoms with E-state index in [2.05, 4.69) is 10.2 Å². The maximum absolute atomic E-state index is 12.2. The summed E-state index contributed by atoms with van der Waals surface area (Å²) in [7, 11) is 3.62. The molecule has 2 aliphatic rings. The second-order valence-corrected chi connectivity index (χ2v) is 5.91. The number of ether oxygens (including phenoxy) is 2. The number of likely N-dealkylation sites (N-methyl/N-ethyl adjacent to an activating group) is 1. The Bertz CT molecular complexity index is 333. The molecule has 0 aromatic carbocycles. The number of hydrogen-bond acceptors (Lipinski definition) is 5. The maximum atomic E-state index is 12.2. The van der Waals surface area contributed by atoms with Crippen LogP contribution in [0.5, 0.6) is 0 Å². The van der Waals surface area contributed by atoms with Crippen molar-refractivity contribution < 1.29 is 14.3 Å². The normalized spacial score (nSPS) is 29.9. The lowest BCUT2D eigenvalue weighted by atomic mass is 9.97. The van der Waals surface area contributed by atoms with Crippen molar-refractivity contribution in [3.05, 3.63) is 0 Å². The van der Waals surface area contributed by atoms with Crippen LogP contribution in [0.1, 0.15) is 39.0 Å². The van der Waals surface area contributed by atoms with Crippen molar-refractivity contribution >= 4 is 5.97 Å². The van der Waals surface area contributed by atoms with Gasteiger partial charge < -0.3 is 14.8 Å². The minimum atomic E-state index is -0.485. The summed E-state index contributed by atoms with van der Waals surface area (Å²) in [5.74, 6) is -0.0903. The van der Waals surface area contributed by atoms with E-state index in [0.29, 0.717) is 18.7 Å². The standard InChI is InChI=1S/C15H28N2O3/c1-4-20-14(18)15(16-2)8-7-13(11-15)17(9-10-19-3)12-5-6-12/h12-13,16H,4-11H2,1-3H3. The third-order valence-corrected chi connectivity index (χ3v) is 4.67. The Morgan fingerprint density at radius 3 is 2.65 bits per heavy atom. The van der Waals surface area contributed by atoms with E-state index in [0.717, 1.165) is 32.4 Å². The summed E-state index contributed by atoms with van der Waals surface area (Å²) in [6, 6.07) is 1.17. The first-order chi connectivity index (χ1) is 9.66. The molecule has 2 aliphatic carbocycles. The molecule has 0 aromatic heterocycles. The van der Waals surface area contributed by atoms with Crippen LogP contribution in [0.15, 0.2) is 0 Å². The van der Waals surface area contributed by atoms with Gasteiger partial charge in [-0.2, -0.15) is 0 Å². The van der Waals surface area contributed by atoms with Gasteiger partial charge in [-0.05, 0) is 46.1 Å². The lowest BCUT2D eigenvalue weighted by molar-refractivity contribution is -0.151. The number of nitrogens with one attached hydrogen (secondary N) is 1. The van der Waals surface area contributed by atoms with Crippen LogP contribution in [0.4, 0.5) is 0 Å². The van der Waals surface area contributed by atoms with Crippen LogP contribution in [0.25, 0.3) is 0 Å². The summed E-state index contributed by atoms with van der Waals surface area (Å²) in [6.45, 7) is 4.04. The van der Waals surface area contributed by atoms with Gasteiger partial charge in [0.2, 0.25) is 0 Å². The van der Waals surface area contributed by atoms with Crippen LogP contribution in [0, 0.1) is 0 Å². The molecule has 0 aromatic rings. The van der Waals surface area contributed by atoms with Crippen molar-refractivity contribution in [2.24, 2.45) is 0 Å². The molecule has 0 amide bonds. The van der Waals surface area contributed by atoms with E-state index < -0.39 is 5.54 Å². The molecule has 0 heterocycles. The highest BCUT2D eigenvalue weighted by Gasteiger charge is 2.48. The fourth-order valence-electron chi connectivity index (χ4n) is 3.35. The number of rotatable bonds is 8. The topological polar surface area (TPSA) is 50.8 Å². The maximum Gasteiger partial charge on any atom is 0.326 e. The molecule has 2 fully saturated rings. The molecule has 2 atom stereocenters. The van der Waals surface area contributed by atoms with E-state index in [9.17, 15) is 4.79 Å². The predicted molar refractivity (Wildman–Crippen MR) is 77.7 cm³/mol. The molecular weight excluding hydrogens is 256 g/mol. The highest BCUT2D eigenvalue weighted by atomic mass is 16.5. The minimum absolute atomic E-state index is 0.0903. The van der Waals surface area contributed by atoms with E-state index in [-0.39, 0.29) is 5.97 Å². The summed E-state index contributed by atoms with van der Waals surface area (Å²) in [5.41, 5.74) is -0.485. The Kier molecular flexibility index (Phi) is 5.41. The number of methoxy groups -OCH3 is 1. The SMILES string of the molecule is CCOC(=O)C1(NC)CCC(N(CCOC)C2CC2)C1. The van der Waals surface area contributed by atoms with Gasteiger partial charge in [-0.1, -0.05) is 0 Å². The van der Waals surface area contributed by atoms with Crippen molar-refractivity contribution in [2.75, 3.05) is 33.9 Å². The molecule has 5 heteroatoms. The van der Waals surface area contributed by atoms with Gasteiger partial charge in [-0.15, -0.1) is 0 Å². The van der Waals surface area contributed by atoms with Crippen molar-refractivity contribution in [2.45, 2.75) is 56.7 Å². The van der Waals surface area contributed by atoms with Gasteiger partial charge >= 0.3 is 5.97 Å². The van der Waals surface area contributed by atoms with Gasteiger partial charge in [-0.25, -0.2) is 0 Å². The van der Waals surface area contributed by atoms with E-state index in [4.69, 9.17) is 9.47 Å². The molecular formula is C15H28N2O3. The molecule has 0 saturated heterocycles. The molecule has 20 heavy (non-hydrogen) atoms. The number of hydrogen-bond donors (Lipinski definition) is 1. The lowest BCUT2D eigenvalue weighted by Crippen LogP contribution is -2.51. The molecule has 2 saturated carbocycles. The highest BCUT2D eigenvalue weighted by Crippen LogP contribution is 2.38. The summed E-state index contributed by atoms with van der Waals surface area (Å²) in [6.07, 6.45) is 5.34. The Labute approximate surface area is 122 Å². The fourth-order valence-corrected chi connectivity index (χ4v) is 3.35. The molecule has 2 unspecified atom stereocenters. The Balaban J connectivity index is 1.99. The van der Waals surface area contributed by atoms with Crippen LogP contribution in [0.3, 0.4) is 0 Å². The second kappa shape index (κ2) is 6.87. The Hall–Kier alpha value is -0.650. The van der Waals surface area contributed by atoms with Crippen LogP contribution >= 0.6 is 0 Å². The number of carbonyl (C=O) groups is 1. The predicted octanol–water partition coefficient (Wildman–Crippen LogP) is 1.17. The van der Waals surface area contributed by atoms with Crippen LogP contribution in [0.2, 0.25) is 0 Å². The summed E-state index contributed by atoms with van der Waals surface area (Å²) in [4.78, 5) is 14.8. The van der Waals surface area contributed by atoms with Crippen molar-refractivity contribution in [3.8, 4) is 0 Å². The minimum Gasteiger partial charge on any atom is -0.465 e. The first-order valence-electron chi connectivity index (χ1n) is 7.77. The Morgan fingerprint density at radius 2 is 2.10 bits per heavy atom. The van der Waals surface area contributed by atoms with Gasteiger partial charge in [0.15, 0.2) is 0 Å².